The van der Waals surface area contributed by atoms with Crippen LogP contribution in [-0.4, -0.2) is 10.0 Å². The number of phenols is 1. The molecule has 1 N–H and O–H groups in total. The molecule has 22 heavy (non-hydrogen) atoms. The van der Waals surface area contributed by atoms with Gasteiger partial charge >= 0.3 is 0 Å². The van der Waals surface area contributed by atoms with E-state index in [2.05, 4.69) is 0 Å². The van der Waals surface area contributed by atoms with Crippen molar-refractivity contribution in [2.24, 2.45) is 0 Å². The largest absolute Gasteiger partial charge is 0.508 e. The molecule has 0 fully saturated rings. The molecular formula is C15H8ClNO5. The van der Waals surface area contributed by atoms with Gasteiger partial charge in [-0.15, -0.1) is 0 Å². The quantitative estimate of drug-likeness (QED) is 0.574. The van der Waals surface area contributed by atoms with Crippen molar-refractivity contribution in [3.8, 4) is 16.9 Å². The second-order valence-electron chi connectivity index (χ2n) is 4.58. The predicted molar refractivity (Wildman–Crippen MR) is 81.2 cm³/mol. The number of rotatable bonds is 2. The first-order valence-corrected chi connectivity index (χ1v) is 6.54. The number of fused-ring (bicyclic) bond motifs is 1. The van der Waals surface area contributed by atoms with Crippen molar-refractivity contribution in [2.45, 2.75) is 0 Å². The molecule has 0 bridgehead atoms. The summed E-state index contributed by atoms with van der Waals surface area (Å²) in [5.41, 5.74) is -0.324. The Kier molecular flexibility index (Phi) is 3.30. The molecule has 0 radical (unpaired) electrons. The van der Waals surface area contributed by atoms with Crippen LogP contribution in [0.25, 0.3) is 22.1 Å². The van der Waals surface area contributed by atoms with Crippen molar-refractivity contribution in [1.82, 2.24) is 0 Å². The molecule has 110 valence electrons. The Morgan fingerprint density at radius 3 is 2.64 bits per heavy atom. The van der Waals surface area contributed by atoms with Gasteiger partial charge < -0.3 is 9.52 Å². The van der Waals surface area contributed by atoms with Crippen molar-refractivity contribution in [3.63, 3.8) is 0 Å². The zero-order valence-corrected chi connectivity index (χ0v) is 11.7. The van der Waals surface area contributed by atoms with Crippen molar-refractivity contribution in [2.75, 3.05) is 0 Å². The summed E-state index contributed by atoms with van der Waals surface area (Å²) < 4.78 is 5.31. The fourth-order valence-electron chi connectivity index (χ4n) is 2.19. The Labute approximate surface area is 128 Å². The molecule has 3 aromatic rings. The van der Waals surface area contributed by atoms with Crippen LogP contribution in [0, 0.1) is 10.1 Å². The number of nitro groups is 1. The molecule has 2 aromatic carbocycles. The zero-order chi connectivity index (χ0) is 15.9. The third-order valence-electron chi connectivity index (χ3n) is 3.20. The summed E-state index contributed by atoms with van der Waals surface area (Å²) in [5, 5.41) is 21.0. The Hall–Kier alpha value is -2.86. The van der Waals surface area contributed by atoms with Crippen molar-refractivity contribution in [3.05, 3.63) is 68.0 Å². The van der Waals surface area contributed by atoms with Gasteiger partial charge in [0.1, 0.15) is 17.6 Å². The van der Waals surface area contributed by atoms with Crippen molar-refractivity contribution in [1.29, 1.82) is 0 Å². The molecule has 0 spiro atoms. The van der Waals surface area contributed by atoms with E-state index in [1.54, 1.807) is 0 Å². The summed E-state index contributed by atoms with van der Waals surface area (Å²) in [6.07, 6.45) is 1.14. The smallest absolute Gasteiger partial charge is 0.278 e. The van der Waals surface area contributed by atoms with Gasteiger partial charge in [-0.25, -0.2) is 0 Å². The maximum absolute atomic E-state index is 12.5. The van der Waals surface area contributed by atoms with Crippen molar-refractivity contribution < 1.29 is 14.4 Å². The lowest BCUT2D eigenvalue weighted by Gasteiger charge is -2.04. The van der Waals surface area contributed by atoms with E-state index in [1.165, 1.54) is 36.4 Å². The minimum atomic E-state index is -0.609. The van der Waals surface area contributed by atoms with E-state index < -0.39 is 10.4 Å². The number of aromatic hydroxyl groups is 1. The normalized spacial score (nSPS) is 10.8. The van der Waals surface area contributed by atoms with Gasteiger partial charge in [-0.3, -0.25) is 14.9 Å². The summed E-state index contributed by atoms with van der Waals surface area (Å²) in [4.78, 5) is 23.0. The maximum Gasteiger partial charge on any atom is 0.278 e. The molecule has 0 atom stereocenters. The molecular weight excluding hydrogens is 310 g/mol. The molecule has 0 amide bonds. The predicted octanol–water partition coefficient (Wildman–Crippen LogP) is 3.73. The summed E-state index contributed by atoms with van der Waals surface area (Å²) in [5.74, 6) is -0.0409. The van der Waals surface area contributed by atoms with Crippen LogP contribution in [-0.2, 0) is 0 Å². The van der Waals surface area contributed by atoms with E-state index >= 15 is 0 Å². The van der Waals surface area contributed by atoms with Gasteiger partial charge in [0.05, 0.1) is 21.4 Å². The first-order valence-electron chi connectivity index (χ1n) is 6.16. The van der Waals surface area contributed by atoms with Gasteiger partial charge in [0, 0.05) is 17.2 Å². The number of nitro benzene ring substituents is 1. The fourth-order valence-corrected chi connectivity index (χ4v) is 2.35. The monoisotopic (exact) mass is 317 g/mol. The van der Waals surface area contributed by atoms with E-state index in [0.29, 0.717) is 0 Å². The molecule has 0 aliphatic rings. The van der Waals surface area contributed by atoms with E-state index in [1.807, 2.05) is 0 Å². The van der Waals surface area contributed by atoms with Crippen LogP contribution < -0.4 is 5.43 Å². The molecule has 7 heteroatoms. The molecule has 0 aliphatic carbocycles. The highest BCUT2D eigenvalue weighted by Gasteiger charge is 2.20. The van der Waals surface area contributed by atoms with Crippen LogP contribution in [0.4, 0.5) is 5.69 Å². The van der Waals surface area contributed by atoms with E-state index in [0.717, 1.165) is 6.26 Å². The Bertz CT molecular complexity index is 964. The average molecular weight is 318 g/mol. The first kappa shape index (κ1) is 14.1. The van der Waals surface area contributed by atoms with Gasteiger partial charge in [-0.1, -0.05) is 11.6 Å². The minimum absolute atomic E-state index is 0.0409. The van der Waals surface area contributed by atoms with Gasteiger partial charge in [0.25, 0.3) is 5.69 Å². The standard InChI is InChI=1S/C15H8ClNO5/c16-8-1-3-10(13(5-8)17(20)21)12-7-22-14-6-9(18)2-4-11(14)15(12)19/h1-7,18H. The minimum Gasteiger partial charge on any atom is -0.508 e. The molecule has 3 rings (SSSR count). The number of benzene rings is 2. The second-order valence-corrected chi connectivity index (χ2v) is 5.01. The zero-order valence-electron chi connectivity index (χ0n) is 10.9. The highest BCUT2D eigenvalue weighted by Crippen LogP contribution is 2.31. The van der Waals surface area contributed by atoms with Crippen LogP contribution in [0.5, 0.6) is 5.75 Å². The van der Waals surface area contributed by atoms with Crippen LogP contribution >= 0.6 is 11.6 Å². The lowest BCUT2D eigenvalue weighted by atomic mass is 10.0. The number of hydrogen-bond donors (Lipinski definition) is 1. The van der Waals surface area contributed by atoms with Gasteiger partial charge in [-0.05, 0) is 24.3 Å². The van der Waals surface area contributed by atoms with Crippen LogP contribution in [0.3, 0.4) is 0 Å². The molecule has 6 nitrogen and oxygen atoms in total. The van der Waals surface area contributed by atoms with Crippen LogP contribution in [0.2, 0.25) is 5.02 Å². The second kappa shape index (κ2) is 5.16. The Morgan fingerprint density at radius 2 is 1.91 bits per heavy atom. The number of halogens is 1. The number of nitrogens with zero attached hydrogens (tertiary/aromatic N) is 1. The average Bonchev–Trinajstić information content (AvgIpc) is 2.48. The van der Waals surface area contributed by atoms with E-state index in [4.69, 9.17) is 16.0 Å². The summed E-state index contributed by atoms with van der Waals surface area (Å²) in [6, 6.07) is 8.10. The molecule has 0 unspecified atom stereocenters. The van der Waals surface area contributed by atoms with Crippen molar-refractivity contribution >= 4 is 28.3 Å². The fraction of sp³-hybridized carbons (Fsp3) is 0. The van der Waals surface area contributed by atoms with E-state index in [9.17, 15) is 20.0 Å². The van der Waals surface area contributed by atoms with Crippen LogP contribution in [0.1, 0.15) is 0 Å². The molecule has 0 saturated carbocycles. The summed E-state index contributed by atoms with van der Waals surface area (Å²) in [6.45, 7) is 0. The summed E-state index contributed by atoms with van der Waals surface area (Å²) >= 11 is 5.77. The molecule has 1 heterocycles. The molecule has 0 aliphatic heterocycles. The van der Waals surface area contributed by atoms with Gasteiger partial charge in [0.15, 0.2) is 0 Å². The maximum atomic E-state index is 12.5. The lowest BCUT2D eigenvalue weighted by Crippen LogP contribution is -2.06. The van der Waals surface area contributed by atoms with Gasteiger partial charge in [-0.2, -0.15) is 0 Å². The topological polar surface area (TPSA) is 93.6 Å². The third kappa shape index (κ3) is 2.29. The highest BCUT2D eigenvalue weighted by atomic mass is 35.5. The Balaban J connectivity index is 2.32. The number of phenolic OH excluding ortho intramolecular Hbond substituents is 1. The van der Waals surface area contributed by atoms with Gasteiger partial charge in [0.2, 0.25) is 5.43 Å². The number of hydrogen-bond acceptors (Lipinski definition) is 5. The van der Waals surface area contributed by atoms with E-state index in [-0.39, 0.29) is 38.6 Å². The molecule has 1 aromatic heterocycles. The SMILES string of the molecule is O=c1c(-c2ccc(Cl)cc2[N+](=O)[O-])coc2cc(O)ccc12. The molecule has 0 saturated heterocycles. The Morgan fingerprint density at radius 1 is 1.14 bits per heavy atom. The van der Waals surface area contributed by atoms with Crippen LogP contribution in [0.15, 0.2) is 51.9 Å². The first-order chi connectivity index (χ1) is 10.5. The lowest BCUT2D eigenvalue weighted by molar-refractivity contribution is -0.384. The third-order valence-corrected chi connectivity index (χ3v) is 3.44. The summed E-state index contributed by atoms with van der Waals surface area (Å²) in [7, 11) is 0. The highest BCUT2D eigenvalue weighted by molar-refractivity contribution is 6.31.